The Balaban J connectivity index is 1.58. The van der Waals surface area contributed by atoms with E-state index in [0.29, 0.717) is 5.54 Å². The molecule has 0 aliphatic heterocycles. The second-order valence-electron chi connectivity index (χ2n) is 5.02. The number of oxazole rings is 1. The van der Waals surface area contributed by atoms with Crippen molar-refractivity contribution in [1.82, 2.24) is 10.3 Å². The van der Waals surface area contributed by atoms with Crippen LogP contribution in [0.2, 0.25) is 0 Å². The molecule has 3 heteroatoms. The molecule has 0 aromatic carbocycles. The number of hydrogen-bond donors (Lipinski definition) is 1. The molecule has 0 bridgehead atoms. The maximum Gasteiger partial charge on any atom is 0.208 e. The Morgan fingerprint density at radius 1 is 1.60 bits per heavy atom. The molecule has 2 fully saturated rings. The highest BCUT2D eigenvalue weighted by atomic mass is 16.4. The van der Waals surface area contributed by atoms with Crippen LogP contribution in [0.3, 0.4) is 0 Å². The zero-order valence-corrected chi connectivity index (χ0v) is 9.25. The first-order valence-corrected chi connectivity index (χ1v) is 5.95. The summed E-state index contributed by atoms with van der Waals surface area (Å²) in [4.78, 5) is 4.22. The fourth-order valence-corrected chi connectivity index (χ4v) is 2.94. The van der Waals surface area contributed by atoms with E-state index in [2.05, 4.69) is 10.3 Å². The molecule has 3 rings (SSSR count). The summed E-state index contributed by atoms with van der Waals surface area (Å²) in [6, 6.07) is 0. The first-order chi connectivity index (χ1) is 7.28. The standard InChI is InChI=1S/C12H18N2O/c1-9-7-13-11(15-9)8-14-12-5-3-2-4-10(12)6-12/h7,10,14H,2-6,8H2,1H3. The van der Waals surface area contributed by atoms with Gasteiger partial charge in [0.2, 0.25) is 5.89 Å². The summed E-state index contributed by atoms with van der Waals surface area (Å²) in [7, 11) is 0. The number of aromatic nitrogens is 1. The zero-order valence-electron chi connectivity index (χ0n) is 9.25. The summed E-state index contributed by atoms with van der Waals surface area (Å²) in [5.41, 5.74) is 0.459. The molecular formula is C12H18N2O. The predicted octanol–water partition coefficient (Wildman–Crippen LogP) is 2.41. The summed E-state index contributed by atoms with van der Waals surface area (Å²) in [5, 5.41) is 3.65. The normalized spacial score (nSPS) is 33.8. The quantitative estimate of drug-likeness (QED) is 0.825. The lowest BCUT2D eigenvalue weighted by atomic mass is 9.95. The Hall–Kier alpha value is -0.830. The Labute approximate surface area is 90.3 Å². The van der Waals surface area contributed by atoms with Gasteiger partial charge in [0.25, 0.3) is 0 Å². The van der Waals surface area contributed by atoms with Gasteiger partial charge in [-0.3, -0.25) is 0 Å². The van der Waals surface area contributed by atoms with Crippen molar-refractivity contribution in [2.45, 2.75) is 51.1 Å². The van der Waals surface area contributed by atoms with Gasteiger partial charge in [0.15, 0.2) is 0 Å². The van der Waals surface area contributed by atoms with Gasteiger partial charge >= 0.3 is 0 Å². The van der Waals surface area contributed by atoms with E-state index in [1.54, 1.807) is 6.20 Å². The highest BCUT2D eigenvalue weighted by Gasteiger charge is 2.54. The minimum absolute atomic E-state index is 0.459. The van der Waals surface area contributed by atoms with Crippen molar-refractivity contribution in [2.75, 3.05) is 0 Å². The van der Waals surface area contributed by atoms with Gasteiger partial charge in [0.1, 0.15) is 5.76 Å². The third kappa shape index (κ3) is 1.69. The van der Waals surface area contributed by atoms with Gasteiger partial charge in [-0.05, 0) is 32.1 Å². The van der Waals surface area contributed by atoms with Gasteiger partial charge in [-0.1, -0.05) is 12.8 Å². The van der Waals surface area contributed by atoms with Crippen molar-refractivity contribution in [3.05, 3.63) is 17.8 Å². The van der Waals surface area contributed by atoms with Crippen LogP contribution in [0.5, 0.6) is 0 Å². The van der Waals surface area contributed by atoms with Gasteiger partial charge in [-0.15, -0.1) is 0 Å². The molecule has 1 N–H and O–H groups in total. The van der Waals surface area contributed by atoms with E-state index in [4.69, 9.17) is 4.42 Å². The number of nitrogens with zero attached hydrogens (tertiary/aromatic N) is 1. The lowest BCUT2D eigenvalue weighted by molar-refractivity contribution is 0.335. The summed E-state index contributed by atoms with van der Waals surface area (Å²) < 4.78 is 5.46. The van der Waals surface area contributed by atoms with Gasteiger partial charge in [0, 0.05) is 5.54 Å². The average Bonchev–Trinajstić information content (AvgIpc) is 2.84. The molecule has 2 aliphatic carbocycles. The second-order valence-corrected chi connectivity index (χ2v) is 5.02. The van der Waals surface area contributed by atoms with Crippen LogP contribution in [0.15, 0.2) is 10.6 Å². The van der Waals surface area contributed by atoms with Crippen LogP contribution in [-0.4, -0.2) is 10.5 Å². The minimum atomic E-state index is 0.459. The third-order valence-corrected chi connectivity index (χ3v) is 3.92. The molecule has 3 nitrogen and oxygen atoms in total. The lowest BCUT2D eigenvalue weighted by Gasteiger charge is -2.22. The average molecular weight is 206 g/mol. The molecule has 0 saturated heterocycles. The molecule has 1 aromatic heterocycles. The molecule has 0 amide bonds. The van der Waals surface area contributed by atoms with Crippen molar-refractivity contribution in [3.63, 3.8) is 0 Å². The Kier molecular flexibility index (Phi) is 2.09. The molecule has 1 aromatic rings. The minimum Gasteiger partial charge on any atom is -0.445 e. The monoisotopic (exact) mass is 206 g/mol. The molecular weight excluding hydrogens is 188 g/mol. The van der Waals surface area contributed by atoms with Crippen LogP contribution in [0.1, 0.15) is 43.8 Å². The fourth-order valence-electron chi connectivity index (χ4n) is 2.94. The molecule has 15 heavy (non-hydrogen) atoms. The first kappa shape index (κ1) is 9.40. The Bertz CT molecular complexity index is 360. The maximum absolute atomic E-state index is 5.46. The zero-order chi connectivity index (χ0) is 10.3. The van der Waals surface area contributed by atoms with Gasteiger partial charge in [-0.2, -0.15) is 0 Å². The van der Waals surface area contributed by atoms with E-state index < -0.39 is 0 Å². The van der Waals surface area contributed by atoms with E-state index in [1.807, 2.05) is 6.92 Å². The molecule has 2 saturated carbocycles. The van der Waals surface area contributed by atoms with Crippen LogP contribution >= 0.6 is 0 Å². The van der Waals surface area contributed by atoms with Crippen LogP contribution in [-0.2, 0) is 6.54 Å². The summed E-state index contributed by atoms with van der Waals surface area (Å²) in [5.74, 6) is 2.67. The van der Waals surface area contributed by atoms with E-state index in [1.165, 1.54) is 32.1 Å². The number of nitrogens with one attached hydrogen (secondary N) is 1. The van der Waals surface area contributed by atoms with Crippen LogP contribution < -0.4 is 5.32 Å². The van der Waals surface area contributed by atoms with Gasteiger partial charge < -0.3 is 9.73 Å². The Morgan fingerprint density at radius 3 is 3.27 bits per heavy atom. The van der Waals surface area contributed by atoms with Crippen molar-refractivity contribution in [1.29, 1.82) is 0 Å². The maximum atomic E-state index is 5.46. The molecule has 0 spiro atoms. The van der Waals surface area contributed by atoms with Crippen LogP contribution in [0, 0.1) is 12.8 Å². The highest BCUT2D eigenvalue weighted by Crippen LogP contribution is 2.53. The lowest BCUT2D eigenvalue weighted by Crippen LogP contribution is -2.34. The second kappa shape index (κ2) is 3.34. The number of rotatable bonds is 3. The smallest absolute Gasteiger partial charge is 0.208 e. The molecule has 2 atom stereocenters. The van der Waals surface area contributed by atoms with Gasteiger partial charge in [0.05, 0.1) is 12.7 Å². The van der Waals surface area contributed by atoms with Crippen LogP contribution in [0.4, 0.5) is 0 Å². The topological polar surface area (TPSA) is 38.1 Å². The molecule has 82 valence electrons. The summed E-state index contributed by atoms with van der Waals surface area (Å²) in [6.45, 7) is 2.74. The van der Waals surface area contributed by atoms with E-state index in [9.17, 15) is 0 Å². The van der Waals surface area contributed by atoms with Crippen molar-refractivity contribution >= 4 is 0 Å². The largest absolute Gasteiger partial charge is 0.445 e. The predicted molar refractivity (Wildman–Crippen MR) is 57.4 cm³/mol. The summed E-state index contributed by atoms with van der Waals surface area (Å²) in [6.07, 6.45) is 8.72. The van der Waals surface area contributed by atoms with E-state index in [-0.39, 0.29) is 0 Å². The first-order valence-electron chi connectivity index (χ1n) is 5.95. The molecule has 2 aliphatic rings. The highest BCUT2D eigenvalue weighted by molar-refractivity contribution is 5.12. The fraction of sp³-hybridized carbons (Fsp3) is 0.750. The SMILES string of the molecule is Cc1cnc(CNC23CCCCC2C3)o1. The molecule has 2 unspecified atom stereocenters. The number of fused-ring (bicyclic) bond motifs is 1. The van der Waals surface area contributed by atoms with Crippen molar-refractivity contribution in [3.8, 4) is 0 Å². The van der Waals surface area contributed by atoms with Gasteiger partial charge in [-0.25, -0.2) is 4.98 Å². The molecule has 0 radical (unpaired) electrons. The number of hydrogen-bond acceptors (Lipinski definition) is 3. The Morgan fingerprint density at radius 2 is 2.53 bits per heavy atom. The van der Waals surface area contributed by atoms with Crippen LogP contribution in [0.25, 0.3) is 0 Å². The van der Waals surface area contributed by atoms with Crippen molar-refractivity contribution < 1.29 is 4.42 Å². The van der Waals surface area contributed by atoms with Crippen molar-refractivity contribution in [2.24, 2.45) is 5.92 Å². The number of aryl methyl sites for hydroxylation is 1. The summed E-state index contributed by atoms with van der Waals surface area (Å²) >= 11 is 0. The molecule has 1 heterocycles. The van der Waals surface area contributed by atoms with E-state index in [0.717, 1.165) is 24.1 Å². The third-order valence-electron chi connectivity index (χ3n) is 3.92. The van der Waals surface area contributed by atoms with E-state index >= 15 is 0 Å².